The van der Waals surface area contributed by atoms with Crippen molar-refractivity contribution in [2.75, 3.05) is 13.2 Å². The summed E-state index contributed by atoms with van der Waals surface area (Å²) in [5.74, 6) is -0.973. The first-order chi connectivity index (χ1) is 22.7. The molecule has 0 saturated carbocycles. The van der Waals surface area contributed by atoms with Gasteiger partial charge in [0.05, 0.1) is 18.8 Å². The molecular formula is C37H63O9P. The highest BCUT2D eigenvalue weighted by Gasteiger charge is 2.36. The van der Waals surface area contributed by atoms with Crippen LogP contribution in [0.1, 0.15) is 142 Å². The van der Waals surface area contributed by atoms with Crippen molar-refractivity contribution in [2.24, 2.45) is 0 Å². The molecular weight excluding hydrogens is 619 g/mol. The quantitative estimate of drug-likeness (QED) is 0.0241. The Hall–Kier alpha value is -2.03. The van der Waals surface area contributed by atoms with Gasteiger partial charge in [0.1, 0.15) is 6.61 Å². The van der Waals surface area contributed by atoms with Gasteiger partial charge in [-0.15, -0.1) is 0 Å². The summed E-state index contributed by atoms with van der Waals surface area (Å²) in [6.45, 7) is 3.53. The van der Waals surface area contributed by atoms with Crippen molar-refractivity contribution in [1.29, 1.82) is 0 Å². The van der Waals surface area contributed by atoms with Crippen LogP contribution in [0.4, 0.5) is 0 Å². The minimum absolute atomic E-state index is 0.128. The minimum atomic E-state index is -4.77. The number of esters is 2. The number of hydrogen-bond donors (Lipinski definition) is 2. The van der Waals surface area contributed by atoms with Crippen LogP contribution in [0.2, 0.25) is 0 Å². The number of carbonyl (C=O) groups is 2. The molecule has 2 unspecified atom stereocenters. The van der Waals surface area contributed by atoms with Gasteiger partial charge in [-0.3, -0.25) is 14.1 Å². The fourth-order valence-corrected chi connectivity index (χ4v) is 5.22. The maximum atomic E-state index is 12.3. The fraction of sp³-hybridized carbons (Fsp3) is 0.730. The van der Waals surface area contributed by atoms with E-state index >= 15 is 0 Å². The molecule has 47 heavy (non-hydrogen) atoms. The summed E-state index contributed by atoms with van der Waals surface area (Å²) in [5.41, 5.74) is 0. The Kier molecular flexibility index (Phi) is 26.5. The molecule has 1 rings (SSSR count). The molecule has 0 aromatic heterocycles. The summed E-state index contributed by atoms with van der Waals surface area (Å²) in [7, 11) is -4.77. The maximum Gasteiger partial charge on any atom is 0.469 e. The van der Waals surface area contributed by atoms with Gasteiger partial charge in [-0.2, -0.15) is 0 Å². The second kappa shape index (κ2) is 28.9. The van der Waals surface area contributed by atoms with E-state index in [1.165, 1.54) is 32.1 Å². The lowest BCUT2D eigenvalue weighted by Crippen LogP contribution is -2.29. The van der Waals surface area contributed by atoms with E-state index in [2.05, 4.69) is 60.9 Å². The van der Waals surface area contributed by atoms with Gasteiger partial charge in [-0.05, 0) is 70.6 Å². The third-order valence-electron chi connectivity index (χ3n) is 7.72. The van der Waals surface area contributed by atoms with E-state index in [0.717, 1.165) is 64.2 Å². The first-order valence-electron chi connectivity index (χ1n) is 18.1. The second-order valence-electron chi connectivity index (χ2n) is 12.2. The molecule has 0 aliphatic carbocycles. The smallest absolute Gasteiger partial charge is 0.462 e. The molecule has 9 nitrogen and oxygen atoms in total. The number of rotatable bonds is 31. The lowest BCUT2D eigenvalue weighted by Gasteiger charge is -2.18. The molecule has 0 bridgehead atoms. The van der Waals surface area contributed by atoms with Gasteiger partial charge in [-0.25, -0.2) is 4.57 Å². The lowest BCUT2D eigenvalue weighted by molar-refractivity contribution is -0.161. The number of carbonyl (C=O) groups excluding carboxylic acids is 2. The van der Waals surface area contributed by atoms with Crippen LogP contribution in [-0.4, -0.2) is 53.3 Å². The molecule has 0 aromatic rings. The Morgan fingerprint density at radius 3 is 1.89 bits per heavy atom. The van der Waals surface area contributed by atoms with Crippen molar-refractivity contribution in [2.45, 2.75) is 161 Å². The van der Waals surface area contributed by atoms with Crippen LogP contribution >= 0.6 is 7.82 Å². The molecule has 1 fully saturated rings. The van der Waals surface area contributed by atoms with Crippen molar-refractivity contribution in [3.8, 4) is 0 Å². The van der Waals surface area contributed by atoms with Crippen LogP contribution in [-0.2, 0) is 32.9 Å². The summed E-state index contributed by atoms with van der Waals surface area (Å²) in [5, 5.41) is 0. The highest BCUT2D eigenvalue weighted by Crippen LogP contribution is 2.36. The standard InChI is InChI=1S/C37H63O9P/c1-3-5-7-9-11-12-13-14-17-21-25-29-36(38)43-31-33(32-44-47(40,41)42)45-37(39)30-26-22-18-15-16-20-24-28-35-34(46-35)27-23-19-10-8-6-4-2/h9,11,15,18-20,23-24,33-35H,3-8,10,12-14,16-17,21-22,25-32H2,1-2H3,(H2,40,41,42)/b11-9-,18-15-,23-19-,24-20-/t33-,34?,35?/m1/s1. The zero-order valence-corrected chi connectivity index (χ0v) is 30.0. The number of phosphoric acid groups is 1. The summed E-state index contributed by atoms with van der Waals surface area (Å²) in [6.07, 6.45) is 35.8. The number of hydrogen-bond acceptors (Lipinski definition) is 7. The molecule has 1 aliphatic rings. The first-order valence-corrected chi connectivity index (χ1v) is 19.6. The molecule has 0 radical (unpaired) electrons. The Balaban J connectivity index is 2.17. The summed E-state index contributed by atoms with van der Waals surface area (Å²) < 4.78 is 31.9. The molecule has 2 N–H and O–H groups in total. The van der Waals surface area contributed by atoms with E-state index in [9.17, 15) is 14.2 Å². The van der Waals surface area contributed by atoms with E-state index in [1.54, 1.807) is 0 Å². The molecule has 270 valence electrons. The van der Waals surface area contributed by atoms with Gasteiger partial charge >= 0.3 is 19.8 Å². The van der Waals surface area contributed by atoms with Gasteiger partial charge in [-0.1, -0.05) is 107 Å². The Morgan fingerprint density at radius 1 is 0.660 bits per heavy atom. The largest absolute Gasteiger partial charge is 0.469 e. The highest BCUT2D eigenvalue weighted by molar-refractivity contribution is 7.46. The number of allylic oxidation sites excluding steroid dienone is 6. The molecule has 0 amide bonds. The third kappa shape index (κ3) is 28.7. The Labute approximate surface area is 284 Å². The molecule has 1 aliphatic heterocycles. The topological polar surface area (TPSA) is 132 Å². The molecule has 0 spiro atoms. The summed E-state index contributed by atoms with van der Waals surface area (Å²) in [6, 6.07) is 0. The molecule has 3 atom stereocenters. The Morgan fingerprint density at radius 2 is 1.19 bits per heavy atom. The van der Waals surface area contributed by atoms with Crippen LogP contribution in [0.5, 0.6) is 0 Å². The number of ether oxygens (including phenoxy) is 3. The SMILES string of the molecule is CCCC/C=C\CCCCCCCC(=O)OC[C@H](COP(=O)(O)O)OC(=O)CCC/C=C\C/C=C\CC1OC1C/C=C\CCCCC. The van der Waals surface area contributed by atoms with E-state index in [1.807, 2.05) is 6.08 Å². The average Bonchev–Trinajstić information content (AvgIpc) is 3.79. The van der Waals surface area contributed by atoms with Gasteiger partial charge in [0.25, 0.3) is 0 Å². The number of phosphoric ester groups is 1. The predicted molar refractivity (Wildman–Crippen MR) is 188 cm³/mol. The van der Waals surface area contributed by atoms with Crippen LogP contribution in [0, 0.1) is 0 Å². The molecule has 1 saturated heterocycles. The average molecular weight is 683 g/mol. The van der Waals surface area contributed by atoms with Crippen molar-refractivity contribution < 1.29 is 42.7 Å². The zero-order chi connectivity index (χ0) is 34.4. The summed E-state index contributed by atoms with van der Waals surface area (Å²) in [4.78, 5) is 42.6. The van der Waals surface area contributed by atoms with Crippen LogP contribution in [0.3, 0.4) is 0 Å². The van der Waals surface area contributed by atoms with Crippen molar-refractivity contribution in [1.82, 2.24) is 0 Å². The monoisotopic (exact) mass is 682 g/mol. The van der Waals surface area contributed by atoms with Gasteiger partial charge in [0.15, 0.2) is 6.10 Å². The summed E-state index contributed by atoms with van der Waals surface area (Å²) >= 11 is 0. The number of unbranched alkanes of at least 4 members (excludes halogenated alkanes) is 11. The van der Waals surface area contributed by atoms with Gasteiger partial charge < -0.3 is 24.0 Å². The fourth-order valence-electron chi connectivity index (χ4n) is 4.86. The van der Waals surface area contributed by atoms with Gasteiger partial charge in [0, 0.05) is 12.8 Å². The zero-order valence-electron chi connectivity index (χ0n) is 29.1. The number of epoxide rings is 1. The van der Waals surface area contributed by atoms with Crippen LogP contribution in [0.15, 0.2) is 48.6 Å². The van der Waals surface area contributed by atoms with Crippen molar-refractivity contribution >= 4 is 19.8 Å². The predicted octanol–water partition coefficient (Wildman–Crippen LogP) is 9.38. The van der Waals surface area contributed by atoms with E-state index < -0.39 is 32.5 Å². The van der Waals surface area contributed by atoms with Crippen molar-refractivity contribution in [3.05, 3.63) is 48.6 Å². The Bertz CT molecular complexity index is 969. The molecule has 10 heteroatoms. The minimum Gasteiger partial charge on any atom is -0.462 e. The first kappa shape index (κ1) is 43.0. The van der Waals surface area contributed by atoms with E-state index in [4.69, 9.17) is 24.0 Å². The van der Waals surface area contributed by atoms with Crippen molar-refractivity contribution in [3.63, 3.8) is 0 Å². The third-order valence-corrected chi connectivity index (χ3v) is 8.21. The highest BCUT2D eigenvalue weighted by atomic mass is 31.2. The van der Waals surface area contributed by atoms with Crippen LogP contribution in [0.25, 0.3) is 0 Å². The lowest BCUT2D eigenvalue weighted by atomic mass is 10.1. The molecule has 1 heterocycles. The van der Waals surface area contributed by atoms with E-state index in [-0.39, 0.29) is 19.4 Å². The normalized spacial score (nSPS) is 17.4. The molecule has 0 aromatic carbocycles. The van der Waals surface area contributed by atoms with E-state index in [0.29, 0.717) is 31.5 Å². The van der Waals surface area contributed by atoms with Crippen LogP contribution < -0.4 is 0 Å². The second-order valence-corrected chi connectivity index (χ2v) is 13.5. The van der Waals surface area contributed by atoms with Gasteiger partial charge in [0.2, 0.25) is 0 Å². The maximum absolute atomic E-state index is 12.3.